The minimum Gasteiger partial charge on any atom is -0.480 e. The minimum atomic E-state index is -1.67. The Morgan fingerprint density at radius 2 is 1.76 bits per heavy atom. The molecular weight excluding hydrogens is 236 g/mol. The molecule has 4 nitrogen and oxygen atoms in total. The third-order valence-electron chi connectivity index (χ3n) is 2.58. The van der Waals surface area contributed by atoms with Crippen LogP contribution in [0.3, 0.4) is 0 Å². The van der Waals surface area contributed by atoms with Gasteiger partial charge in [-0.15, -0.1) is 0 Å². The molecule has 1 atom stereocenters. The van der Waals surface area contributed by atoms with Crippen LogP contribution in [0.15, 0.2) is 0 Å². The number of hydrogen-bond donors (Lipinski definition) is 1. The molecule has 1 N–H and O–H groups in total. The monoisotopic (exact) mass is 260 g/mol. The summed E-state index contributed by atoms with van der Waals surface area (Å²) in [5.74, 6) is -1.61. The van der Waals surface area contributed by atoms with Crippen molar-refractivity contribution in [2.24, 2.45) is 5.41 Å². The van der Waals surface area contributed by atoms with E-state index in [2.05, 4.69) is 19.6 Å². The first kappa shape index (κ1) is 16.2. The molecule has 0 aliphatic heterocycles. The summed E-state index contributed by atoms with van der Waals surface area (Å²) in [6.45, 7) is 10.0. The predicted octanol–water partition coefficient (Wildman–Crippen LogP) is 2.76. The van der Waals surface area contributed by atoms with Crippen LogP contribution in [0.4, 0.5) is 0 Å². The summed E-state index contributed by atoms with van der Waals surface area (Å²) >= 11 is 0. The summed E-state index contributed by atoms with van der Waals surface area (Å²) in [7, 11) is -1.67. The maximum absolute atomic E-state index is 12.0. The number of carbonyl (C=O) groups excluding carboxylic acids is 1. The summed E-state index contributed by atoms with van der Waals surface area (Å²) in [6.07, 6.45) is 1.01. The van der Waals surface area contributed by atoms with Gasteiger partial charge in [-0.05, 0) is 19.4 Å². The lowest BCUT2D eigenvalue weighted by Gasteiger charge is -2.32. The van der Waals surface area contributed by atoms with Gasteiger partial charge in [-0.3, -0.25) is 9.59 Å². The van der Waals surface area contributed by atoms with Crippen molar-refractivity contribution in [3.05, 3.63) is 0 Å². The van der Waals surface area contributed by atoms with Crippen LogP contribution in [0.1, 0.15) is 26.7 Å². The van der Waals surface area contributed by atoms with Gasteiger partial charge in [-0.2, -0.15) is 0 Å². The van der Waals surface area contributed by atoms with Crippen LogP contribution in [-0.4, -0.2) is 31.7 Å². The number of hydrogen-bond acceptors (Lipinski definition) is 3. The van der Waals surface area contributed by atoms with Crippen LogP contribution < -0.4 is 0 Å². The quantitative estimate of drug-likeness (QED) is 0.434. The summed E-state index contributed by atoms with van der Waals surface area (Å²) < 4.78 is 4.97. The van der Waals surface area contributed by atoms with E-state index in [9.17, 15) is 14.7 Å². The zero-order valence-corrected chi connectivity index (χ0v) is 12.5. The number of rotatable bonds is 7. The fourth-order valence-electron chi connectivity index (χ4n) is 2.13. The van der Waals surface area contributed by atoms with E-state index in [0.29, 0.717) is 18.9 Å². The molecule has 0 aromatic carbocycles. The summed E-state index contributed by atoms with van der Waals surface area (Å²) in [4.78, 5) is 23.5. The molecule has 5 heteroatoms. The molecule has 0 aromatic rings. The molecule has 100 valence electrons. The zero-order chi connectivity index (χ0) is 13.7. The van der Waals surface area contributed by atoms with E-state index in [0.717, 1.165) is 0 Å². The van der Waals surface area contributed by atoms with Gasteiger partial charge >= 0.3 is 11.9 Å². The van der Waals surface area contributed by atoms with Crippen molar-refractivity contribution in [1.29, 1.82) is 0 Å². The maximum atomic E-state index is 12.0. The number of carbonyl (C=O) groups is 2. The smallest absolute Gasteiger partial charge is 0.323 e. The largest absolute Gasteiger partial charge is 0.480 e. The van der Waals surface area contributed by atoms with Crippen molar-refractivity contribution in [1.82, 2.24) is 0 Å². The van der Waals surface area contributed by atoms with Crippen molar-refractivity contribution in [2.75, 3.05) is 6.61 Å². The molecule has 0 aliphatic rings. The van der Waals surface area contributed by atoms with Gasteiger partial charge in [0.25, 0.3) is 0 Å². The normalized spacial score (nSPS) is 15.1. The van der Waals surface area contributed by atoms with Crippen LogP contribution in [-0.2, 0) is 14.3 Å². The summed E-state index contributed by atoms with van der Waals surface area (Å²) in [5, 5.41) is 9.44. The standard InChI is InChI=1S/C12H24O4Si/c1-6-8-12(10(13)14,9-17(3,4)5)11(15)16-7-2/h6-9H2,1-5H3,(H,13,14). The first-order valence-electron chi connectivity index (χ1n) is 6.10. The second kappa shape index (κ2) is 6.19. The Kier molecular flexibility index (Phi) is 5.88. The van der Waals surface area contributed by atoms with Crippen LogP contribution in [0.2, 0.25) is 25.7 Å². The van der Waals surface area contributed by atoms with Gasteiger partial charge in [-0.1, -0.05) is 33.0 Å². The fraction of sp³-hybridized carbons (Fsp3) is 0.833. The molecule has 0 bridgehead atoms. The highest BCUT2D eigenvalue weighted by atomic mass is 28.3. The SMILES string of the molecule is CCCC(C[Si](C)(C)C)(C(=O)O)C(=O)OCC. The second-order valence-electron chi connectivity index (χ2n) is 5.60. The highest BCUT2D eigenvalue weighted by molar-refractivity contribution is 6.76. The summed E-state index contributed by atoms with van der Waals surface area (Å²) in [6, 6.07) is 0.433. The number of carboxylic acids is 1. The third kappa shape index (κ3) is 4.50. The van der Waals surface area contributed by atoms with Crippen molar-refractivity contribution >= 4 is 20.0 Å². The highest BCUT2D eigenvalue weighted by Crippen LogP contribution is 2.36. The van der Waals surface area contributed by atoms with Gasteiger partial charge in [0.15, 0.2) is 5.41 Å². The van der Waals surface area contributed by atoms with E-state index in [-0.39, 0.29) is 6.61 Å². The first-order chi connectivity index (χ1) is 7.69. The average Bonchev–Trinajstić information content (AvgIpc) is 2.14. The molecule has 0 fully saturated rings. The Morgan fingerprint density at radius 1 is 1.24 bits per heavy atom. The third-order valence-corrected chi connectivity index (χ3v) is 4.25. The number of esters is 1. The molecular formula is C12H24O4Si. The topological polar surface area (TPSA) is 63.6 Å². The molecule has 0 aromatic heterocycles. The van der Waals surface area contributed by atoms with Gasteiger partial charge in [0.05, 0.1) is 6.61 Å². The molecule has 0 saturated heterocycles. The van der Waals surface area contributed by atoms with E-state index in [1.54, 1.807) is 6.92 Å². The van der Waals surface area contributed by atoms with E-state index in [4.69, 9.17) is 4.74 Å². The fourth-order valence-corrected chi connectivity index (χ4v) is 4.42. The lowest BCUT2D eigenvalue weighted by molar-refractivity contribution is -0.167. The Morgan fingerprint density at radius 3 is 2.06 bits per heavy atom. The maximum Gasteiger partial charge on any atom is 0.323 e. The van der Waals surface area contributed by atoms with Gasteiger partial charge < -0.3 is 9.84 Å². The van der Waals surface area contributed by atoms with E-state index in [1.165, 1.54) is 0 Å². The van der Waals surface area contributed by atoms with Gasteiger partial charge in [0, 0.05) is 8.07 Å². The number of carboxylic acid groups (broad SMARTS) is 1. The molecule has 0 heterocycles. The van der Waals surface area contributed by atoms with Crippen molar-refractivity contribution < 1.29 is 19.4 Å². The molecule has 17 heavy (non-hydrogen) atoms. The van der Waals surface area contributed by atoms with Crippen LogP contribution in [0.5, 0.6) is 0 Å². The minimum absolute atomic E-state index is 0.225. The molecule has 0 radical (unpaired) electrons. The van der Waals surface area contributed by atoms with Gasteiger partial charge in [0.1, 0.15) is 0 Å². The molecule has 0 aliphatic carbocycles. The molecule has 0 saturated carbocycles. The number of ether oxygens (including phenoxy) is 1. The Balaban J connectivity index is 5.27. The molecule has 0 spiro atoms. The van der Waals surface area contributed by atoms with Gasteiger partial charge in [0.2, 0.25) is 0 Å². The molecule has 0 amide bonds. The van der Waals surface area contributed by atoms with Crippen molar-refractivity contribution in [3.63, 3.8) is 0 Å². The Bertz CT molecular complexity index is 283. The summed E-state index contributed by atoms with van der Waals surface area (Å²) in [5.41, 5.74) is -1.34. The predicted molar refractivity (Wildman–Crippen MR) is 69.8 cm³/mol. The average molecular weight is 260 g/mol. The van der Waals surface area contributed by atoms with E-state index in [1.807, 2.05) is 6.92 Å². The first-order valence-corrected chi connectivity index (χ1v) is 9.81. The zero-order valence-electron chi connectivity index (χ0n) is 11.5. The van der Waals surface area contributed by atoms with Crippen molar-refractivity contribution in [2.45, 2.75) is 52.4 Å². The Labute approximate surface area is 104 Å². The molecule has 0 rings (SSSR count). The van der Waals surface area contributed by atoms with E-state index < -0.39 is 25.4 Å². The van der Waals surface area contributed by atoms with Crippen LogP contribution in [0.25, 0.3) is 0 Å². The lowest BCUT2D eigenvalue weighted by atomic mass is 9.85. The van der Waals surface area contributed by atoms with Crippen LogP contribution in [0, 0.1) is 5.41 Å². The highest BCUT2D eigenvalue weighted by Gasteiger charge is 2.49. The second-order valence-corrected chi connectivity index (χ2v) is 11.1. The van der Waals surface area contributed by atoms with E-state index >= 15 is 0 Å². The van der Waals surface area contributed by atoms with Crippen LogP contribution >= 0.6 is 0 Å². The van der Waals surface area contributed by atoms with Gasteiger partial charge in [-0.25, -0.2) is 0 Å². The number of aliphatic carboxylic acids is 1. The Hall–Kier alpha value is -0.843. The molecule has 1 unspecified atom stereocenters. The lowest BCUT2D eigenvalue weighted by Crippen LogP contribution is -2.45. The van der Waals surface area contributed by atoms with Crippen molar-refractivity contribution in [3.8, 4) is 0 Å².